The first-order valence-electron chi connectivity index (χ1n) is 11.7. The molecule has 2 aliphatic rings. The van der Waals surface area contributed by atoms with Crippen LogP contribution in [0.15, 0.2) is 72.9 Å². The highest BCUT2D eigenvalue weighted by molar-refractivity contribution is 7.90. The van der Waals surface area contributed by atoms with E-state index < -0.39 is 39.8 Å². The van der Waals surface area contributed by atoms with E-state index in [0.717, 1.165) is 22.6 Å². The van der Waals surface area contributed by atoms with Gasteiger partial charge in [-0.15, -0.1) is 13.2 Å². The number of anilines is 3. The topological polar surface area (TPSA) is 121 Å². The van der Waals surface area contributed by atoms with E-state index in [9.17, 15) is 31.2 Å². The predicted molar refractivity (Wildman–Crippen MR) is 135 cm³/mol. The van der Waals surface area contributed by atoms with E-state index in [1.807, 2.05) is 6.07 Å². The van der Waals surface area contributed by atoms with E-state index in [1.54, 1.807) is 31.2 Å². The van der Waals surface area contributed by atoms with E-state index in [1.165, 1.54) is 35.4 Å². The van der Waals surface area contributed by atoms with Crippen molar-refractivity contribution in [2.75, 3.05) is 14.5 Å². The number of amides is 3. The molecule has 3 amide bonds. The van der Waals surface area contributed by atoms with Crippen molar-refractivity contribution >= 4 is 39.3 Å². The van der Waals surface area contributed by atoms with Crippen LogP contribution in [0.2, 0.25) is 0 Å². The molecule has 2 atom stereocenters. The zero-order valence-corrected chi connectivity index (χ0v) is 21.2. The van der Waals surface area contributed by atoms with Crippen LogP contribution >= 0.6 is 0 Å². The number of halogens is 3. The Balaban J connectivity index is 1.38. The summed E-state index contributed by atoms with van der Waals surface area (Å²) >= 11 is 0. The number of aromatic nitrogens is 1. The van der Waals surface area contributed by atoms with E-state index in [0.29, 0.717) is 6.42 Å². The van der Waals surface area contributed by atoms with Gasteiger partial charge in [0.15, 0.2) is 0 Å². The van der Waals surface area contributed by atoms with Crippen LogP contribution in [0.4, 0.5) is 35.2 Å². The Morgan fingerprint density at radius 1 is 1.05 bits per heavy atom. The summed E-state index contributed by atoms with van der Waals surface area (Å²) in [5.74, 6) is -1.33. The maximum Gasteiger partial charge on any atom is 0.573 e. The highest BCUT2D eigenvalue weighted by atomic mass is 32.2. The summed E-state index contributed by atoms with van der Waals surface area (Å²) in [5, 5.41) is 0. The summed E-state index contributed by atoms with van der Waals surface area (Å²) in [4.78, 5) is 33.2. The van der Waals surface area contributed by atoms with Gasteiger partial charge in [-0.2, -0.15) is 13.1 Å². The quantitative estimate of drug-likeness (QED) is 0.398. The molecule has 1 aliphatic heterocycles. The Hall–Kier alpha value is -4.17. The Kier molecular flexibility index (Phi) is 6.47. The molecule has 2 aromatic carbocycles. The third-order valence-electron chi connectivity index (χ3n) is 6.51. The van der Waals surface area contributed by atoms with Gasteiger partial charge in [-0.3, -0.25) is 14.4 Å². The number of nitrogens with zero attached hydrogens (tertiary/aromatic N) is 3. The molecule has 1 aromatic heterocycles. The van der Waals surface area contributed by atoms with Crippen LogP contribution in [-0.2, 0) is 21.5 Å². The minimum absolute atomic E-state index is 0.0391. The highest BCUT2D eigenvalue weighted by Crippen LogP contribution is 2.55. The first kappa shape index (κ1) is 26.4. The van der Waals surface area contributed by atoms with Crippen LogP contribution in [-0.4, -0.2) is 37.2 Å². The molecule has 2 unspecified atom stereocenters. The molecule has 204 valence electrons. The Labute approximate surface area is 221 Å². The second kappa shape index (κ2) is 9.54. The van der Waals surface area contributed by atoms with E-state index in [-0.39, 0.29) is 29.7 Å². The first-order chi connectivity index (χ1) is 18.4. The van der Waals surface area contributed by atoms with Gasteiger partial charge in [0.25, 0.3) is 5.91 Å². The average Bonchev–Trinajstić information content (AvgIpc) is 3.48. The van der Waals surface area contributed by atoms with Crippen molar-refractivity contribution in [2.45, 2.75) is 31.8 Å². The number of nitrogens with one attached hydrogen (secondary N) is 2. The Bertz CT molecular complexity index is 1520. The third-order valence-corrected chi connectivity index (χ3v) is 7.51. The summed E-state index contributed by atoms with van der Waals surface area (Å²) in [7, 11) is -4.03. The van der Waals surface area contributed by atoms with Gasteiger partial charge < -0.3 is 4.74 Å². The lowest BCUT2D eigenvalue weighted by atomic mass is 10.1. The maximum absolute atomic E-state index is 13.5. The van der Waals surface area contributed by atoms with Crippen molar-refractivity contribution in [3.05, 3.63) is 78.5 Å². The maximum atomic E-state index is 13.5. The van der Waals surface area contributed by atoms with Gasteiger partial charge in [-0.05, 0) is 48.2 Å². The molecule has 0 bridgehead atoms. The molecular weight excluding hydrogens is 539 g/mol. The number of carbonyl (C=O) groups is 2. The fourth-order valence-electron chi connectivity index (χ4n) is 4.59. The zero-order chi connectivity index (χ0) is 28.0. The summed E-state index contributed by atoms with van der Waals surface area (Å²) < 4.78 is 71.3. The average molecular weight is 562 g/mol. The fraction of sp³-hybridized carbons (Fsp3) is 0.240. The third kappa shape index (κ3) is 5.25. The molecule has 2 heterocycles. The standard InChI is InChI=1S/C25H22F3N5O5S/c1-16-14-24(16)22(34)32(18-7-9-20(10-8-18)38-25(26,27)28)23(35)33(24)19-11-12-29-21(13-19)31-39(36,37)30-15-17-5-3-2-4-6-17/h2-13,16,30H,14-15H2,1H3,(H,29,31). The molecule has 1 aliphatic carbocycles. The van der Waals surface area contributed by atoms with Crippen molar-refractivity contribution in [1.29, 1.82) is 0 Å². The number of hydrogen-bond donors (Lipinski definition) is 2. The normalized spacial score (nSPS) is 21.0. The van der Waals surface area contributed by atoms with Crippen LogP contribution in [0.5, 0.6) is 5.75 Å². The largest absolute Gasteiger partial charge is 0.573 e. The van der Waals surface area contributed by atoms with Crippen molar-refractivity contribution in [3.8, 4) is 5.75 Å². The summed E-state index contributed by atoms with van der Waals surface area (Å²) in [5.41, 5.74) is -0.163. The second-order valence-electron chi connectivity index (χ2n) is 9.14. The van der Waals surface area contributed by atoms with Crippen LogP contribution in [0.25, 0.3) is 0 Å². The molecule has 1 spiro atoms. The minimum Gasteiger partial charge on any atom is -0.406 e. The molecule has 5 rings (SSSR count). The van der Waals surface area contributed by atoms with Crippen molar-refractivity contribution < 1.29 is 35.9 Å². The summed E-state index contributed by atoms with van der Waals surface area (Å²) in [6.07, 6.45) is -3.23. The number of rotatable bonds is 8. The molecule has 39 heavy (non-hydrogen) atoms. The van der Waals surface area contributed by atoms with E-state index in [2.05, 4.69) is 19.2 Å². The van der Waals surface area contributed by atoms with Gasteiger partial charge in [0.1, 0.15) is 17.1 Å². The SMILES string of the molecule is CC1CC12C(=O)N(c1ccc(OC(F)(F)F)cc1)C(=O)N2c1ccnc(NS(=O)(=O)NCc2ccccc2)c1. The lowest BCUT2D eigenvalue weighted by Gasteiger charge is -2.22. The Morgan fingerprint density at radius 3 is 2.33 bits per heavy atom. The second-order valence-corrected chi connectivity index (χ2v) is 10.6. The van der Waals surface area contributed by atoms with Gasteiger partial charge in [-0.1, -0.05) is 37.3 Å². The van der Waals surface area contributed by atoms with Gasteiger partial charge in [-0.25, -0.2) is 14.7 Å². The number of carbonyl (C=O) groups excluding carboxylic acids is 2. The predicted octanol–water partition coefficient (Wildman–Crippen LogP) is 4.18. The molecule has 1 saturated heterocycles. The summed E-state index contributed by atoms with van der Waals surface area (Å²) in [6.45, 7) is 1.83. The van der Waals surface area contributed by atoms with E-state index in [4.69, 9.17) is 0 Å². The minimum atomic E-state index is -4.89. The van der Waals surface area contributed by atoms with Gasteiger partial charge in [0, 0.05) is 18.8 Å². The van der Waals surface area contributed by atoms with Crippen LogP contribution in [0.1, 0.15) is 18.9 Å². The van der Waals surface area contributed by atoms with E-state index >= 15 is 0 Å². The highest BCUT2D eigenvalue weighted by Gasteiger charge is 2.70. The summed E-state index contributed by atoms with van der Waals surface area (Å²) in [6, 6.07) is 15.4. The molecular formula is C25H22F3N5O5S. The molecule has 2 N–H and O–H groups in total. The fourth-order valence-corrected chi connectivity index (χ4v) is 5.41. The molecule has 2 fully saturated rings. The number of imide groups is 1. The lowest BCUT2D eigenvalue weighted by molar-refractivity contribution is -0.274. The number of ether oxygens (including phenoxy) is 1. The molecule has 1 saturated carbocycles. The molecule has 0 radical (unpaired) electrons. The number of alkyl halides is 3. The number of pyridine rings is 1. The smallest absolute Gasteiger partial charge is 0.406 e. The Morgan fingerprint density at radius 2 is 1.72 bits per heavy atom. The first-order valence-corrected chi connectivity index (χ1v) is 13.2. The van der Waals surface area contributed by atoms with Crippen molar-refractivity contribution in [3.63, 3.8) is 0 Å². The lowest BCUT2D eigenvalue weighted by Crippen LogP contribution is -2.39. The molecule has 3 aromatic rings. The molecule has 10 nitrogen and oxygen atoms in total. The van der Waals surface area contributed by atoms with Crippen LogP contribution in [0.3, 0.4) is 0 Å². The molecule has 14 heteroatoms. The van der Waals surface area contributed by atoms with Crippen LogP contribution in [0, 0.1) is 5.92 Å². The van der Waals surface area contributed by atoms with Gasteiger partial charge in [0.2, 0.25) is 0 Å². The van der Waals surface area contributed by atoms with Gasteiger partial charge in [0.05, 0.1) is 11.4 Å². The van der Waals surface area contributed by atoms with Crippen molar-refractivity contribution in [1.82, 2.24) is 9.71 Å². The monoisotopic (exact) mass is 561 g/mol. The van der Waals surface area contributed by atoms with Gasteiger partial charge >= 0.3 is 22.6 Å². The number of hydrogen-bond acceptors (Lipinski definition) is 6. The zero-order valence-electron chi connectivity index (χ0n) is 20.3. The van der Waals surface area contributed by atoms with Crippen molar-refractivity contribution in [2.24, 2.45) is 5.92 Å². The number of benzene rings is 2. The number of urea groups is 1. The van der Waals surface area contributed by atoms with Crippen LogP contribution < -0.4 is 24.0 Å².